The standard InChI is InChI=1S/C20H48O6Si4/c1-21-15-17(23-27(3,4)5)19(25-29(9,10)11)16(22-2)20(26-30(12,13)14)18(15)24-28(6,7)8/h15-20H,1-14H3/t15?,16?,17-,18-,19-,20+/m1/s1. The Morgan fingerprint density at radius 1 is 0.333 bits per heavy atom. The molecular weight excluding hydrogens is 449 g/mol. The lowest BCUT2D eigenvalue weighted by molar-refractivity contribution is -0.218. The monoisotopic (exact) mass is 496 g/mol. The molecule has 0 N–H and O–H groups in total. The van der Waals surface area contributed by atoms with Gasteiger partial charge in [-0.3, -0.25) is 0 Å². The fraction of sp³-hybridized carbons (Fsp3) is 1.00. The van der Waals surface area contributed by atoms with Crippen molar-refractivity contribution in [2.45, 2.75) is 115 Å². The maximum Gasteiger partial charge on any atom is 0.184 e. The van der Waals surface area contributed by atoms with Gasteiger partial charge in [-0.2, -0.15) is 0 Å². The third-order valence-corrected chi connectivity index (χ3v) is 8.36. The van der Waals surface area contributed by atoms with Gasteiger partial charge in [0.2, 0.25) is 0 Å². The van der Waals surface area contributed by atoms with Gasteiger partial charge in [0.25, 0.3) is 0 Å². The van der Waals surface area contributed by atoms with Crippen LogP contribution in [0.2, 0.25) is 78.6 Å². The van der Waals surface area contributed by atoms with E-state index in [1.165, 1.54) is 0 Å². The van der Waals surface area contributed by atoms with E-state index in [1.807, 2.05) is 0 Å². The molecule has 0 aromatic heterocycles. The van der Waals surface area contributed by atoms with Crippen LogP contribution in [0.3, 0.4) is 0 Å². The van der Waals surface area contributed by atoms with Crippen LogP contribution in [0.15, 0.2) is 0 Å². The van der Waals surface area contributed by atoms with Gasteiger partial charge in [0, 0.05) is 14.2 Å². The van der Waals surface area contributed by atoms with Gasteiger partial charge < -0.3 is 27.2 Å². The van der Waals surface area contributed by atoms with E-state index in [9.17, 15) is 0 Å². The number of ether oxygens (including phenoxy) is 2. The summed E-state index contributed by atoms with van der Waals surface area (Å²) in [6.07, 6.45) is -1.61. The van der Waals surface area contributed by atoms with E-state index >= 15 is 0 Å². The fourth-order valence-electron chi connectivity index (χ4n) is 3.83. The molecule has 0 saturated heterocycles. The Hall–Kier alpha value is 0.628. The first-order valence-electron chi connectivity index (χ1n) is 11.0. The summed E-state index contributed by atoms with van der Waals surface area (Å²) < 4.78 is 39.1. The van der Waals surface area contributed by atoms with Gasteiger partial charge in [0.1, 0.15) is 36.6 Å². The Kier molecular flexibility index (Phi) is 9.81. The molecule has 0 aromatic rings. The SMILES string of the molecule is COC1[C@@H](O[Si](C)(C)C)[C@H](O[Si](C)(C)C)C(OC)[C@H](O[Si](C)(C)C)[C@@H]1O[Si](C)(C)C. The van der Waals surface area contributed by atoms with E-state index in [4.69, 9.17) is 27.2 Å². The Labute approximate surface area is 189 Å². The Morgan fingerprint density at radius 3 is 0.600 bits per heavy atom. The molecular formula is C20H48O6Si4. The van der Waals surface area contributed by atoms with E-state index in [1.54, 1.807) is 14.2 Å². The predicted molar refractivity (Wildman–Crippen MR) is 134 cm³/mol. The van der Waals surface area contributed by atoms with Crippen LogP contribution in [0.4, 0.5) is 0 Å². The van der Waals surface area contributed by atoms with E-state index in [0.717, 1.165) is 0 Å². The van der Waals surface area contributed by atoms with Gasteiger partial charge in [-0.05, 0) is 78.6 Å². The number of rotatable bonds is 10. The molecule has 0 aromatic carbocycles. The number of hydrogen-bond donors (Lipinski definition) is 0. The largest absolute Gasteiger partial charge is 0.409 e. The summed E-state index contributed by atoms with van der Waals surface area (Å²) in [7, 11) is -4.09. The zero-order chi connectivity index (χ0) is 23.7. The first-order chi connectivity index (χ1) is 13.3. The van der Waals surface area contributed by atoms with Crippen molar-refractivity contribution in [3.05, 3.63) is 0 Å². The first-order valence-corrected chi connectivity index (χ1v) is 24.7. The Bertz CT molecular complexity index is 443. The van der Waals surface area contributed by atoms with Gasteiger partial charge >= 0.3 is 0 Å². The normalized spacial score (nSPS) is 31.8. The van der Waals surface area contributed by atoms with Gasteiger partial charge in [0.05, 0.1) is 0 Å². The summed E-state index contributed by atoms with van der Waals surface area (Å²) >= 11 is 0. The molecule has 1 rings (SSSR count). The second-order valence-electron chi connectivity index (χ2n) is 12.2. The van der Waals surface area contributed by atoms with E-state index in [2.05, 4.69) is 78.6 Å². The molecule has 0 amide bonds. The molecule has 6 nitrogen and oxygen atoms in total. The van der Waals surface area contributed by atoms with E-state index in [-0.39, 0.29) is 36.6 Å². The molecule has 2 unspecified atom stereocenters. The van der Waals surface area contributed by atoms with E-state index in [0.29, 0.717) is 0 Å². The Morgan fingerprint density at radius 2 is 0.500 bits per heavy atom. The molecule has 1 aliphatic rings. The van der Waals surface area contributed by atoms with Crippen LogP contribution >= 0.6 is 0 Å². The average Bonchev–Trinajstić information content (AvgIpc) is 2.46. The van der Waals surface area contributed by atoms with Crippen LogP contribution in [0.25, 0.3) is 0 Å². The van der Waals surface area contributed by atoms with Crippen molar-refractivity contribution >= 4 is 33.3 Å². The van der Waals surface area contributed by atoms with Crippen molar-refractivity contribution in [1.82, 2.24) is 0 Å². The quantitative estimate of drug-likeness (QED) is 0.401. The highest BCUT2D eigenvalue weighted by Gasteiger charge is 2.57. The van der Waals surface area contributed by atoms with E-state index < -0.39 is 33.3 Å². The third kappa shape index (κ3) is 9.24. The lowest BCUT2D eigenvalue weighted by atomic mass is 9.84. The van der Waals surface area contributed by atoms with Crippen LogP contribution in [0.1, 0.15) is 0 Å². The molecule has 1 aliphatic carbocycles. The third-order valence-electron chi connectivity index (χ3n) is 4.45. The highest BCUT2D eigenvalue weighted by Crippen LogP contribution is 2.37. The van der Waals surface area contributed by atoms with Crippen molar-refractivity contribution in [2.24, 2.45) is 0 Å². The number of hydrogen-bond acceptors (Lipinski definition) is 6. The highest BCUT2D eigenvalue weighted by molar-refractivity contribution is 6.71. The average molecular weight is 497 g/mol. The molecule has 0 radical (unpaired) electrons. The van der Waals surface area contributed by atoms with Crippen molar-refractivity contribution in [1.29, 1.82) is 0 Å². The molecule has 6 atom stereocenters. The van der Waals surface area contributed by atoms with Gasteiger partial charge in [-0.1, -0.05) is 0 Å². The molecule has 1 saturated carbocycles. The van der Waals surface area contributed by atoms with Crippen LogP contribution in [0, 0.1) is 0 Å². The van der Waals surface area contributed by atoms with Crippen molar-refractivity contribution in [3.8, 4) is 0 Å². The Balaban J connectivity index is 3.58. The fourth-order valence-corrected chi connectivity index (χ4v) is 8.17. The molecule has 1 fully saturated rings. The molecule has 30 heavy (non-hydrogen) atoms. The summed E-state index contributed by atoms with van der Waals surface area (Å²) in [6, 6.07) is 0. The predicted octanol–water partition coefficient (Wildman–Crippen LogP) is 4.91. The van der Waals surface area contributed by atoms with Crippen LogP contribution in [-0.4, -0.2) is 84.1 Å². The summed E-state index contributed by atoms with van der Waals surface area (Å²) in [5, 5.41) is 0. The van der Waals surface area contributed by atoms with Crippen LogP contribution < -0.4 is 0 Å². The van der Waals surface area contributed by atoms with Gasteiger partial charge in [-0.15, -0.1) is 0 Å². The van der Waals surface area contributed by atoms with Crippen molar-refractivity contribution in [3.63, 3.8) is 0 Å². The second-order valence-corrected chi connectivity index (χ2v) is 30.0. The maximum absolute atomic E-state index is 6.72. The molecule has 0 aliphatic heterocycles. The topological polar surface area (TPSA) is 55.4 Å². The smallest absolute Gasteiger partial charge is 0.184 e. The van der Waals surface area contributed by atoms with Gasteiger partial charge in [0.15, 0.2) is 33.3 Å². The van der Waals surface area contributed by atoms with Gasteiger partial charge in [-0.25, -0.2) is 0 Å². The number of methoxy groups -OCH3 is 2. The first kappa shape index (κ1) is 28.7. The minimum absolute atomic E-state index is 0.263. The van der Waals surface area contributed by atoms with Crippen LogP contribution in [0.5, 0.6) is 0 Å². The van der Waals surface area contributed by atoms with Crippen molar-refractivity contribution < 1.29 is 27.2 Å². The summed E-state index contributed by atoms with van der Waals surface area (Å²) in [5.41, 5.74) is 0. The van der Waals surface area contributed by atoms with Crippen molar-refractivity contribution in [2.75, 3.05) is 14.2 Å². The minimum atomic E-state index is -1.90. The zero-order valence-corrected chi connectivity index (χ0v) is 25.9. The minimum Gasteiger partial charge on any atom is -0.409 e. The molecule has 0 heterocycles. The maximum atomic E-state index is 6.72. The lowest BCUT2D eigenvalue weighted by Crippen LogP contribution is -2.71. The summed E-state index contributed by atoms with van der Waals surface area (Å²) in [5.74, 6) is 0. The molecule has 180 valence electrons. The second kappa shape index (κ2) is 10.3. The molecule has 0 spiro atoms. The highest BCUT2D eigenvalue weighted by atomic mass is 28.4. The molecule has 0 bridgehead atoms. The zero-order valence-electron chi connectivity index (χ0n) is 21.9. The van der Waals surface area contributed by atoms with Crippen LogP contribution in [-0.2, 0) is 27.2 Å². The lowest BCUT2D eigenvalue weighted by Gasteiger charge is -2.54. The molecule has 10 heteroatoms. The summed E-state index contributed by atoms with van der Waals surface area (Å²) in [6.45, 7) is 26.4. The summed E-state index contributed by atoms with van der Waals surface area (Å²) in [4.78, 5) is 0.